The Hall–Kier alpha value is -2.02. The Balaban J connectivity index is 1.79. The van der Waals surface area contributed by atoms with Gasteiger partial charge in [0.2, 0.25) is 5.91 Å². The molecule has 0 bridgehead atoms. The molecular weight excluding hydrogens is 324 g/mol. The fraction of sp³-hybridized carbons (Fsp3) is 0.471. The fourth-order valence-electron chi connectivity index (χ4n) is 2.24. The molecule has 0 fully saturated rings. The zero-order valence-corrected chi connectivity index (χ0v) is 15.3. The van der Waals surface area contributed by atoms with Crippen LogP contribution >= 0.6 is 11.8 Å². The Labute approximate surface area is 147 Å². The molecule has 0 aliphatic heterocycles. The predicted molar refractivity (Wildman–Crippen MR) is 95.4 cm³/mol. The molecule has 1 amide bonds. The van der Waals surface area contributed by atoms with E-state index in [1.165, 1.54) is 11.8 Å². The minimum atomic E-state index is -0.163. The molecule has 1 aromatic heterocycles. The molecule has 0 saturated carbocycles. The van der Waals surface area contributed by atoms with E-state index in [0.717, 1.165) is 16.5 Å². The second kappa shape index (κ2) is 8.73. The highest BCUT2D eigenvalue weighted by Crippen LogP contribution is 2.25. The van der Waals surface area contributed by atoms with Crippen LogP contribution < -0.4 is 10.1 Å². The van der Waals surface area contributed by atoms with Crippen molar-refractivity contribution in [3.63, 3.8) is 0 Å². The third-order valence-corrected chi connectivity index (χ3v) is 4.67. The molecule has 0 saturated heterocycles. The number of benzene rings is 1. The van der Waals surface area contributed by atoms with Gasteiger partial charge in [-0.05, 0) is 31.2 Å². The average Bonchev–Trinajstić information content (AvgIpc) is 3.04. The SMILES string of the molecule is COc1ccc(S[C@@H](C)C(=O)NCCn2cnnc2C(C)C)cc1. The van der Waals surface area contributed by atoms with Crippen LogP contribution in [0.5, 0.6) is 5.75 Å². The van der Waals surface area contributed by atoms with E-state index >= 15 is 0 Å². The van der Waals surface area contributed by atoms with E-state index in [2.05, 4.69) is 29.4 Å². The lowest BCUT2D eigenvalue weighted by Gasteiger charge is -2.13. The first kappa shape index (κ1) is 18.3. The number of carbonyl (C=O) groups is 1. The van der Waals surface area contributed by atoms with Gasteiger partial charge in [0.15, 0.2) is 0 Å². The van der Waals surface area contributed by atoms with Crippen LogP contribution in [-0.4, -0.2) is 39.6 Å². The number of hydrogen-bond donors (Lipinski definition) is 1. The molecule has 1 aromatic carbocycles. The van der Waals surface area contributed by atoms with Crippen molar-refractivity contribution in [3.05, 3.63) is 36.4 Å². The number of hydrogen-bond acceptors (Lipinski definition) is 5. The summed E-state index contributed by atoms with van der Waals surface area (Å²) in [5.41, 5.74) is 0. The number of rotatable bonds is 8. The first-order chi connectivity index (χ1) is 11.5. The van der Waals surface area contributed by atoms with Gasteiger partial charge in [-0.25, -0.2) is 0 Å². The highest BCUT2D eigenvalue weighted by Gasteiger charge is 2.14. The molecule has 2 aromatic rings. The average molecular weight is 348 g/mol. The summed E-state index contributed by atoms with van der Waals surface area (Å²) >= 11 is 1.53. The molecule has 6 nitrogen and oxygen atoms in total. The van der Waals surface area contributed by atoms with Gasteiger partial charge in [0.25, 0.3) is 0 Å². The molecule has 0 aliphatic rings. The zero-order valence-electron chi connectivity index (χ0n) is 14.5. The van der Waals surface area contributed by atoms with Crippen LogP contribution in [0.1, 0.15) is 32.5 Å². The Morgan fingerprint density at radius 2 is 2.00 bits per heavy atom. The largest absolute Gasteiger partial charge is 0.497 e. The van der Waals surface area contributed by atoms with Crippen LogP contribution in [-0.2, 0) is 11.3 Å². The summed E-state index contributed by atoms with van der Waals surface area (Å²) in [4.78, 5) is 13.3. The van der Waals surface area contributed by atoms with Gasteiger partial charge in [-0.2, -0.15) is 0 Å². The van der Waals surface area contributed by atoms with Crippen LogP contribution in [0.2, 0.25) is 0 Å². The number of carbonyl (C=O) groups excluding carboxylic acids is 1. The fourth-order valence-corrected chi connectivity index (χ4v) is 3.13. The van der Waals surface area contributed by atoms with Gasteiger partial charge in [0.1, 0.15) is 17.9 Å². The minimum Gasteiger partial charge on any atom is -0.497 e. The summed E-state index contributed by atoms with van der Waals surface area (Å²) in [6.07, 6.45) is 1.71. The molecule has 0 unspecified atom stereocenters. The molecule has 0 spiro atoms. The summed E-state index contributed by atoms with van der Waals surface area (Å²) in [5, 5.41) is 10.8. The number of nitrogens with zero attached hydrogens (tertiary/aromatic N) is 3. The number of ether oxygens (including phenoxy) is 1. The van der Waals surface area contributed by atoms with E-state index in [0.29, 0.717) is 19.0 Å². The van der Waals surface area contributed by atoms with Gasteiger partial charge in [-0.1, -0.05) is 13.8 Å². The van der Waals surface area contributed by atoms with E-state index < -0.39 is 0 Å². The lowest BCUT2D eigenvalue weighted by molar-refractivity contribution is -0.120. The smallest absolute Gasteiger partial charge is 0.233 e. The molecule has 2 rings (SSSR count). The molecule has 7 heteroatoms. The van der Waals surface area contributed by atoms with Crippen molar-refractivity contribution < 1.29 is 9.53 Å². The zero-order chi connectivity index (χ0) is 17.5. The number of aromatic nitrogens is 3. The Kier molecular flexibility index (Phi) is 6.66. The second-order valence-corrected chi connectivity index (χ2v) is 7.18. The summed E-state index contributed by atoms with van der Waals surface area (Å²) in [6, 6.07) is 7.71. The van der Waals surface area contributed by atoms with Crippen molar-refractivity contribution >= 4 is 17.7 Å². The van der Waals surface area contributed by atoms with Gasteiger partial charge >= 0.3 is 0 Å². The molecule has 0 aliphatic carbocycles. The number of nitrogens with one attached hydrogen (secondary N) is 1. The van der Waals surface area contributed by atoms with Crippen molar-refractivity contribution in [2.75, 3.05) is 13.7 Å². The van der Waals surface area contributed by atoms with Gasteiger partial charge in [0, 0.05) is 23.9 Å². The Morgan fingerprint density at radius 1 is 1.29 bits per heavy atom. The first-order valence-corrected chi connectivity index (χ1v) is 8.85. The van der Waals surface area contributed by atoms with Crippen molar-refractivity contribution in [2.45, 2.75) is 43.4 Å². The number of thioether (sulfide) groups is 1. The van der Waals surface area contributed by atoms with E-state index in [9.17, 15) is 4.79 Å². The number of methoxy groups -OCH3 is 1. The standard InChI is InChI=1S/C17H24N4O2S/c1-12(2)16-20-19-11-21(16)10-9-18-17(22)13(3)24-15-7-5-14(23-4)6-8-15/h5-8,11-13H,9-10H2,1-4H3,(H,18,22)/t13-/m0/s1. The van der Waals surface area contributed by atoms with Crippen molar-refractivity contribution in [3.8, 4) is 5.75 Å². The van der Waals surface area contributed by atoms with Crippen molar-refractivity contribution in [1.29, 1.82) is 0 Å². The highest BCUT2D eigenvalue weighted by atomic mass is 32.2. The Bertz CT molecular complexity index is 655. The molecule has 1 atom stereocenters. The monoisotopic (exact) mass is 348 g/mol. The summed E-state index contributed by atoms with van der Waals surface area (Å²) in [6.45, 7) is 7.29. The maximum Gasteiger partial charge on any atom is 0.233 e. The third kappa shape index (κ3) is 4.99. The maximum absolute atomic E-state index is 12.2. The molecule has 1 heterocycles. The summed E-state index contributed by atoms with van der Waals surface area (Å²) in [5.74, 6) is 2.08. The Morgan fingerprint density at radius 3 is 2.62 bits per heavy atom. The van der Waals surface area contributed by atoms with E-state index in [-0.39, 0.29) is 11.2 Å². The summed E-state index contributed by atoms with van der Waals surface area (Å²) < 4.78 is 7.11. The van der Waals surface area contributed by atoms with Crippen LogP contribution in [0.15, 0.2) is 35.5 Å². The lowest BCUT2D eigenvalue weighted by atomic mass is 10.2. The van der Waals surface area contributed by atoms with Crippen LogP contribution in [0.3, 0.4) is 0 Å². The van der Waals surface area contributed by atoms with E-state index in [4.69, 9.17) is 4.74 Å². The third-order valence-electron chi connectivity index (χ3n) is 3.56. The van der Waals surface area contributed by atoms with Crippen molar-refractivity contribution in [1.82, 2.24) is 20.1 Å². The number of amides is 1. The summed E-state index contributed by atoms with van der Waals surface area (Å²) in [7, 11) is 1.64. The maximum atomic E-state index is 12.2. The second-order valence-electron chi connectivity index (χ2n) is 5.76. The molecule has 1 N–H and O–H groups in total. The van der Waals surface area contributed by atoms with Gasteiger partial charge < -0.3 is 14.6 Å². The quantitative estimate of drug-likeness (QED) is 0.743. The normalized spacial score (nSPS) is 12.2. The molecular formula is C17H24N4O2S. The van der Waals surface area contributed by atoms with E-state index in [1.54, 1.807) is 13.4 Å². The minimum absolute atomic E-state index is 0.0231. The van der Waals surface area contributed by atoms with Crippen molar-refractivity contribution in [2.24, 2.45) is 0 Å². The topological polar surface area (TPSA) is 69.0 Å². The predicted octanol–water partition coefficient (Wildman–Crippen LogP) is 2.71. The molecule has 24 heavy (non-hydrogen) atoms. The molecule has 130 valence electrons. The molecule has 0 radical (unpaired) electrons. The van der Waals surface area contributed by atoms with E-state index in [1.807, 2.05) is 35.8 Å². The van der Waals surface area contributed by atoms with Gasteiger partial charge in [-0.15, -0.1) is 22.0 Å². The van der Waals surface area contributed by atoms with Crippen LogP contribution in [0.25, 0.3) is 0 Å². The highest BCUT2D eigenvalue weighted by molar-refractivity contribution is 8.00. The first-order valence-electron chi connectivity index (χ1n) is 7.97. The van der Waals surface area contributed by atoms with Gasteiger partial charge in [0.05, 0.1) is 12.4 Å². The van der Waals surface area contributed by atoms with Crippen LogP contribution in [0.4, 0.5) is 0 Å². The van der Waals surface area contributed by atoms with Gasteiger partial charge in [-0.3, -0.25) is 4.79 Å². The lowest BCUT2D eigenvalue weighted by Crippen LogP contribution is -2.33. The van der Waals surface area contributed by atoms with Crippen LogP contribution in [0, 0.1) is 0 Å².